The Hall–Kier alpha value is -4.39. The molecule has 29 heavy (non-hydrogen) atoms. The Morgan fingerprint density at radius 3 is 2.55 bits per heavy atom. The van der Waals surface area contributed by atoms with Gasteiger partial charge in [0, 0.05) is 5.56 Å². The van der Waals surface area contributed by atoms with Crippen molar-refractivity contribution >= 4 is 17.6 Å². The second-order valence-corrected chi connectivity index (χ2v) is 5.82. The van der Waals surface area contributed by atoms with E-state index in [-0.39, 0.29) is 18.0 Å². The van der Waals surface area contributed by atoms with Crippen LogP contribution in [-0.4, -0.2) is 28.3 Å². The molecule has 10 heteroatoms. The maximum atomic E-state index is 13.7. The van der Waals surface area contributed by atoms with E-state index in [1.54, 1.807) is 24.3 Å². The van der Waals surface area contributed by atoms with Crippen LogP contribution in [0, 0.1) is 17.1 Å². The van der Waals surface area contributed by atoms with E-state index in [4.69, 9.17) is 21.5 Å². The average molecular weight is 394 g/mol. The summed E-state index contributed by atoms with van der Waals surface area (Å²) in [6, 6.07) is 11.7. The number of halogens is 1. The highest BCUT2D eigenvalue weighted by atomic mass is 19.1. The van der Waals surface area contributed by atoms with Gasteiger partial charge >= 0.3 is 6.03 Å². The molecular weight excluding hydrogens is 379 g/mol. The zero-order valence-electron chi connectivity index (χ0n) is 14.9. The molecule has 0 saturated carbocycles. The van der Waals surface area contributed by atoms with Crippen LogP contribution in [0.15, 0.2) is 48.7 Å². The first kappa shape index (κ1) is 19.4. The van der Waals surface area contributed by atoms with Crippen molar-refractivity contribution in [2.75, 3.05) is 11.9 Å². The number of rotatable bonds is 6. The summed E-state index contributed by atoms with van der Waals surface area (Å²) in [5, 5.41) is 15.0. The lowest BCUT2D eigenvalue weighted by atomic mass is 10.0. The van der Waals surface area contributed by atoms with Crippen LogP contribution in [0.1, 0.15) is 10.5 Å². The van der Waals surface area contributed by atoms with Crippen molar-refractivity contribution in [2.24, 2.45) is 11.5 Å². The zero-order chi connectivity index (χ0) is 21.0. The van der Waals surface area contributed by atoms with Crippen LogP contribution in [0.4, 0.5) is 14.9 Å². The Bertz CT molecular complexity index is 1120. The normalized spacial score (nSPS) is 10.2. The molecule has 146 valence electrons. The van der Waals surface area contributed by atoms with E-state index in [2.05, 4.69) is 10.4 Å². The number of aromatic nitrogens is 2. The standard InChI is InChI=1S/C19H15FN6O3/c20-12-3-6-16(29-8-7-21)14(9-12)11-1-4-13(5-2-11)26-10-15(24-19(23)28)17(25-26)18(22)27/h1-6,9-10H,8H2,(H2,22,27)(H3,23,24,28). The first-order valence-corrected chi connectivity index (χ1v) is 8.25. The van der Waals surface area contributed by atoms with Gasteiger partial charge in [0.2, 0.25) is 0 Å². The lowest BCUT2D eigenvalue weighted by molar-refractivity contribution is 0.0996. The number of hydrogen-bond donors (Lipinski definition) is 3. The number of nitrogens with two attached hydrogens (primary N) is 2. The summed E-state index contributed by atoms with van der Waals surface area (Å²) in [6.45, 7) is -0.171. The minimum Gasteiger partial charge on any atom is -0.478 e. The molecule has 3 aromatic rings. The maximum Gasteiger partial charge on any atom is 0.316 e. The van der Waals surface area contributed by atoms with E-state index in [0.29, 0.717) is 22.6 Å². The lowest BCUT2D eigenvalue weighted by Crippen LogP contribution is -2.22. The van der Waals surface area contributed by atoms with Gasteiger partial charge in [-0.1, -0.05) is 12.1 Å². The van der Waals surface area contributed by atoms with E-state index < -0.39 is 17.8 Å². The summed E-state index contributed by atoms with van der Waals surface area (Å²) >= 11 is 0. The van der Waals surface area contributed by atoms with Crippen molar-refractivity contribution < 1.29 is 18.7 Å². The Balaban J connectivity index is 1.96. The SMILES string of the molecule is N#CCOc1ccc(F)cc1-c1ccc(-n2cc(NC(N)=O)c(C(N)=O)n2)cc1. The molecule has 3 rings (SSSR count). The number of carbonyl (C=O) groups is 2. The highest BCUT2D eigenvalue weighted by molar-refractivity contribution is 6.00. The lowest BCUT2D eigenvalue weighted by Gasteiger charge is -2.10. The van der Waals surface area contributed by atoms with E-state index >= 15 is 0 Å². The first-order valence-electron chi connectivity index (χ1n) is 8.25. The van der Waals surface area contributed by atoms with E-state index in [1.165, 1.54) is 29.1 Å². The molecule has 3 amide bonds. The monoisotopic (exact) mass is 394 g/mol. The minimum atomic E-state index is -0.863. The highest BCUT2D eigenvalue weighted by Gasteiger charge is 2.16. The predicted octanol–water partition coefficient (Wildman–Crippen LogP) is 2.17. The molecule has 0 unspecified atom stereocenters. The van der Waals surface area contributed by atoms with E-state index in [9.17, 15) is 14.0 Å². The summed E-state index contributed by atoms with van der Waals surface area (Å²) in [5.41, 5.74) is 11.9. The van der Waals surface area contributed by atoms with E-state index in [0.717, 1.165) is 0 Å². The quantitative estimate of drug-likeness (QED) is 0.586. The third kappa shape index (κ3) is 4.30. The van der Waals surface area contributed by atoms with Crippen LogP contribution in [0.5, 0.6) is 5.75 Å². The van der Waals surface area contributed by atoms with Gasteiger partial charge in [0.05, 0.1) is 17.6 Å². The third-order valence-electron chi connectivity index (χ3n) is 3.88. The molecule has 2 aromatic carbocycles. The van der Waals surface area contributed by atoms with Gasteiger partial charge in [-0.15, -0.1) is 0 Å². The Morgan fingerprint density at radius 1 is 1.21 bits per heavy atom. The van der Waals surface area contributed by atoms with Crippen LogP contribution in [0.2, 0.25) is 0 Å². The van der Waals surface area contributed by atoms with Crippen molar-refractivity contribution in [1.82, 2.24) is 9.78 Å². The molecular formula is C19H15FN6O3. The predicted molar refractivity (Wildman–Crippen MR) is 102 cm³/mol. The van der Waals surface area contributed by atoms with Crippen LogP contribution in [-0.2, 0) is 0 Å². The molecule has 1 aromatic heterocycles. The molecule has 0 radical (unpaired) electrons. The summed E-state index contributed by atoms with van der Waals surface area (Å²) in [4.78, 5) is 22.6. The number of nitrogens with zero attached hydrogens (tertiary/aromatic N) is 3. The maximum absolute atomic E-state index is 13.7. The molecule has 1 heterocycles. The van der Waals surface area contributed by atoms with Crippen LogP contribution in [0.3, 0.4) is 0 Å². The van der Waals surface area contributed by atoms with E-state index in [1.807, 2.05) is 6.07 Å². The fourth-order valence-electron chi connectivity index (χ4n) is 2.67. The first-order chi connectivity index (χ1) is 13.9. The van der Waals surface area contributed by atoms with Crippen molar-refractivity contribution in [1.29, 1.82) is 5.26 Å². The fourth-order valence-corrected chi connectivity index (χ4v) is 2.67. The van der Waals surface area contributed by atoms with Gasteiger partial charge in [0.25, 0.3) is 5.91 Å². The number of ether oxygens (including phenoxy) is 1. The van der Waals surface area contributed by atoms with Gasteiger partial charge in [-0.3, -0.25) is 4.79 Å². The largest absolute Gasteiger partial charge is 0.478 e. The van der Waals surface area contributed by atoms with Crippen molar-refractivity contribution in [3.63, 3.8) is 0 Å². The summed E-state index contributed by atoms with van der Waals surface area (Å²) < 4.78 is 20.4. The number of urea groups is 1. The Kier molecular flexibility index (Phi) is 5.41. The van der Waals surface area contributed by atoms with Gasteiger partial charge in [0.1, 0.15) is 17.6 Å². The topological polar surface area (TPSA) is 149 Å². The fraction of sp³-hybridized carbons (Fsp3) is 0.0526. The molecule has 0 spiro atoms. The third-order valence-corrected chi connectivity index (χ3v) is 3.88. The number of hydrogen-bond acceptors (Lipinski definition) is 5. The molecule has 0 aliphatic heterocycles. The van der Waals surface area contributed by atoms with Gasteiger partial charge in [0.15, 0.2) is 12.3 Å². The zero-order valence-corrected chi connectivity index (χ0v) is 14.9. The number of carbonyl (C=O) groups excluding carboxylic acids is 2. The Labute approximate surface area is 164 Å². The summed E-state index contributed by atoms with van der Waals surface area (Å²) in [7, 11) is 0. The molecule has 0 fully saturated rings. The number of amides is 3. The van der Waals surface area contributed by atoms with Crippen LogP contribution in [0.25, 0.3) is 16.8 Å². The van der Waals surface area contributed by atoms with Crippen molar-refractivity contribution in [3.8, 4) is 28.6 Å². The molecule has 0 bridgehead atoms. The Morgan fingerprint density at radius 2 is 1.93 bits per heavy atom. The molecule has 9 nitrogen and oxygen atoms in total. The number of primary amides is 2. The second-order valence-electron chi connectivity index (χ2n) is 5.82. The van der Waals surface area contributed by atoms with Crippen LogP contribution < -0.4 is 21.5 Å². The summed E-state index contributed by atoms with van der Waals surface area (Å²) in [6.07, 6.45) is 1.39. The number of benzene rings is 2. The number of anilines is 1. The summed E-state index contributed by atoms with van der Waals surface area (Å²) in [5.74, 6) is -0.916. The molecule has 0 atom stereocenters. The van der Waals surface area contributed by atoms with Gasteiger partial charge < -0.3 is 21.5 Å². The van der Waals surface area contributed by atoms with Gasteiger partial charge in [-0.2, -0.15) is 10.4 Å². The smallest absolute Gasteiger partial charge is 0.316 e. The van der Waals surface area contributed by atoms with Gasteiger partial charge in [-0.25, -0.2) is 13.9 Å². The number of nitriles is 1. The van der Waals surface area contributed by atoms with Crippen molar-refractivity contribution in [2.45, 2.75) is 0 Å². The molecule has 0 saturated heterocycles. The molecule has 5 N–H and O–H groups in total. The number of nitrogens with one attached hydrogen (secondary N) is 1. The van der Waals surface area contributed by atoms with Crippen molar-refractivity contribution in [3.05, 3.63) is 60.2 Å². The second kappa shape index (κ2) is 8.10. The molecule has 0 aliphatic rings. The van der Waals surface area contributed by atoms with Crippen LogP contribution >= 0.6 is 0 Å². The minimum absolute atomic E-state index is 0.0754. The molecule has 0 aliphatic carbocycles. The van der Waals surface area contributed by atoms with Gasteiger partial charge in [-0.05, 0) is 35.9 Å². The highest BCUT2D eigenvalue weighted by Crippen LogP contribution is 2.31. The average Bonchev–Trinajstić information content (AvgIpc) is 3.10.